The van der Waals surface area contributed by atoms with Crippen LogP contribution in [0.25, 0.3) is 0 Å². The molecule has 1 heterocycles. The molecule has 1 aromatic heterocycles. The second kappa shape index (κ2) is 3.24. The van der Waals surface area contributed by atoms with Crippen molar-refractivity contribution in [3.8, 4) is 6.07 Å². The van der Waals surface area contributed by atoms with E-state index in [9.17, 15) is 0 Å². The summed E-state index contributed by atoms with van der Waals surface area (Å²) in [7, 11) is 3.83. The molecule has 1 rings (SSSR count). The molecule has 0 aliphatic rings. The van der Waals surface area contributed by atoms with Gasteiger partial charge in [-0.25, -0.2) is 4.98 Å². The fraction of sp³-hybridized carbons (Fsp3) is 0.429. The Kier molecular flexibility index (Phi) is 2.31. The summed E-state index contributed by atoms with van der Waals surface area (Å²) in [6, 6.07) is 2.00. The van der Waals surface area contributed by atoms with Gasteiger partial charge in [-0.2, -0.15) is 5.26 Å². The van der Waals surface area contributed by atoms with Crippen LogP contribution in [0.2, 0.25) is 0 Å². The van der Waals surface area contributed by atoms with Crippen molar-refractivity contribution in [2.45, 2.75) is 6.67 Å². The Balaban J connectivity index is 2.94. The van der Waals surface area contributed by atoms with Crippen LogP contribution in [0, 0.1) is 11.3 Å². The minimum Gasteiger partial charge on any atom is -0.381 e. The highest BCUT2D eigenvalue weighted by Gasteiger charge is 2.06. The molecule has 12 heavy (non-hydrogen) atoms. The molecule has 0 atom stereocenters. The van der Waals surface area contributed by atoms with Crippen molar-refractivity contribution in [3.05, 3.63) is 12.0 Å². The largest absolute Gasteiger partial charge is 0.381 e. The number of rotatable bonds is 2. The maximum atomic E-state index is 8.69. The number of nitrogens with zero attached hydrogens (tertiary/aromatic N) is 4. The monoisotopic (exact) mass is 165 g/mol. The molecule has 5 nitrogen and oxygen atoms in total. The topological polar surface area (TPSA) is 70.9 Å². The van der Waals surface area contributed by atoms with Gasteiger partial charge < -0.3 is 10.3 Å². The van der Waals surface area contributed by atoms with Crippen molar-refractivity contribution in [2.75, 3.05) is 19.8 Å². The summed E-state index contributed by atoms with van der Waals surface area (Å²) in [6.07, 6.45) is 1.56. The Morgan fingerprint density at radius 3 is 2.92 bits per heavy atom. The standard InChI is InChI=1S/C7H11N5/c1-11(2)5-12-4-10-7(9)6(12)3-8/h4H,5,9H2,1-2H3. The van der Waals surface area contributed by atoms with E-state index in [1.807, 2.05) is 25.1 Å². The van der Waals surface area contributed by atoms with E-state index in [2.05, 4.69) is 4.98 Å². The van der Waals surface area contributed by atoms with E-state index >= 15 is 0 Å². The molecule has 0 radical (unpaired) electrons. The number of nitriles is 1. The molecule has 0 spiro atoms. The SMILES string of the molecule is CN(C)Cn1cnc(N)c1C#N. The summed E-state index contributed by atoms with van der Waals surface area (Å²) in [5.74, 6) is 0.291. The number of imidazole rings is 1. The second-order valence-electron chi connectivity index (χ2n) is 2.78. The number of nitrogens with two attached hydrogens (primary N) is 1. The zero-order chi connectivity index (χ0) is 9.14. The van der Waals surface area contributed by atoms with Gasteiger partial charge in [0.2, 0.25) is 0 Å². The molecule has 0 aliphatic carbocycles. The van der Waals surface area contributed by atoms with Crippen molar-refractivity contribution in [3.63, 3.8) is 0 Å². The molecule has 0 aromatic carbocycles. The fourth-order valence-electron chi connectivity index (χ4n) is 0.931. The van der Waals surface area contributed by atoms with Crippen LogP contribution in [0.15, 0.2) is 6.33 Å². The first-order valence-corrected chi connectivity index (χ1v) is 3.50. The van der Waals surface area contributed by atoms with Crippen LogP contribution in [-0.2, 0) is 6.67 Å². The van der Waals surface area contributed by atoms with Crippen molar-refractivity contribution in [1.82, 2.24) is 14.5 Å². The van der Waals surface area contributed by atoms with Crippen LogP contribution in [0.3, 0.4) is 0 Å². The van der Waals surface area contributed by atoms with Gasteiger partial charge in [0.25, 0.3) is 0 Å². The molecular formula is C7H11N5. The van der Waals surface area contributed by atoms with Gasteiger partial charge in [0.1, 0.15) is 6.07 Å². The molecule has 1 aromatic rings. The van der Waals surface area contributed by atoms with Gasteiger partial charge in [-0.1, -0.05) is 0 Å². The summed E-state index contributed by atoms with van der Waals surface area (Å²) in [6.45, 7) is 0.618. The van der Waals surface area contributed by atoms with Gasteiger partial charge in [0.15, 0.2) is 11.5 Å². The first kappa shape index (κ1) is 8.56. The van der Waals surface area contributed by atoms with E-state index < -0.39 is 0 Å². The molecule has 5 heteroatoms. The molecule has 0 saturated heterocycles. The summed E-state index contributed by atoms with van der Waals surface area (Å²) < 4.78 is 1.70. The van der Waals surface area contributed by atoms with Crippen LogP contribution in [0.1, 0.15) is 5.69 Å². The highest BCUT2D eigenvalue weighted by atomic mass is 15.2. The van der Waals surface area contributed by atoms with Crippen molar-refractivity contribution >= 4 is 5.82 Å². The Labute approximate surface area is 71.0 Å². The Hall–Kier alpha value is -1.54. The fourth-order valence-corrected chi connectivity index (χ4v) is 0.931. The summed E-state index contributed by atoms with van der Waals surface area (Å²) in [4.78, 5) is 5.76. The quantitative estimate of drug-likeness (QED) is 0.662. The average Bonchev–Trinajstić information content (AvgIpc) is 2.30. The molecule has 0 unspecified atom stereocenters. The Morgan fingerprint density at radius 1 is 1.75 bits per heavy atom. The minimum atomic E-state index is 0.291. The summed E-state index contributed by atoms with van der Waals surface area (Å²) in [5, 5.41) is 8.69. The first-order chi connectivity index (χ1) is 5.65. The number of anilines is 1. The molecule has 0 amide bonds. The molecule has 2 N–H and O–H groups in total. The molecule has 0 fully saturated rings. The molecule has 0 saturated carbocycles. The lowest BCUT2D eigenvalue weighted by Crippen LogP contribution is -2.17. The minimum absolute atomic E-state index is 0.291. The van der Waals surface area contributed by atoms with E-state index in [-0.39, 0.29) is 0 Å². The number of aromatic nitrogens is 2. The van der Waals surface area contributed by atoms with Gasteiger partial charge in [0, 0.05) is 0 Å². The zero-order valence-electron chi connectivity index (χ0n) is 7.15. The normalized spacial score (nSPS) is 10.2. The Bertz CT molecular complexity index is 306. The zero-order valence-corrected chi connectivity index (χ0v) is 7.15. The lowest BCUT2D eigenvalue weighted by molar-refractivity contribution is 0.325. The van der Waals surface area contributed by atoms with E-state index in [1.165, 1.54) is 0 Å². The van der Waals surface area contributed by atoms with Gasteiger partial charge in [-0.15, -0.1) is 0 Å². The predicted octanol–water partition coefficient (Wildman–Crippen LogP) is -0.144. The molecular weight excluding hydrogens is 154 g/mol. The third-order valence-electron chi connectivity index (χ3n) is 1.41. The third-order valence-corrected chi connectivity index (χ3v) is 1.41. The summed E-state index contributed by atoms with van der Waals surface area (Å²) in [5.41, 5.74) is 5.87. The van der Waals surface area contributed by atoms with Crippen molar-refractivity contribution < 1.29 is 0 Å². The van der Waals surface area contributed by atoms with Crippen molar-refractivity contribution in [1.29, 1.82) is 5.26 Å². The first-order valence-electron chi connectivity index (χ1n) is 3.50. The van der Waals surface area contributed by atoms with Crippen LogP contribution < -0.4 is 5.73 Å². The van der Waals surface area contributed by atoms with Gasteiger partial charge >= 0.3 is 0 Å². The number of hydrogen-bond donors (Lipinski definition) is 1. The molecule has 0 aliphatic heterocycles. The van der Waals surface area contributed by atoms with Crippen LogP contribution in [-0.4, -0.2) is 28.5 Å². The van der Waals surface area contributed by atoms with E-state index in [1.54, 1.807) is 10.9 Å². The third kappa shape index (κ3) is 1.54. The maximum absolute atomic E-state index is 8.69. The van der Waals surface area contributed by atoms with Crippen LogP contribution in [0.4, 0.5) is 5.82 Å². The van der Waals surface area contributed by atoms with Crippen LogP contribution in [0.5, 0.6) is 0 Å². The van der Waals surface area contributed by atoms with E-state index in [0.29, 0.717) is 18.2 Å². The smallest absolute Gasteiger partial charge is 0.165 e. The van der Waals surface area contributed by atoms with E-state index in [4.69, 9.17) is 11.0 Å². The number of nitrogen functional groups attached to an aromatic ring is 1. The molecule has 0 bridgehead atoms. The highest BCUT2D eigenvalue weighted by Crippen LogP contribution is 2.07. The predicted molar refractivity (Wildman–Crippen MR) is 45.0 cm³/mol. The number of hydrogen-bond acceptors (Lipinski definition) is 4. The highest BCUT2D eigenvalue weighted by molar-refractivity contribution is 5.43. The molecule has 64 valence electrons. The lowest BCUT2D eigenvalue weighted by Gasteiger charge is -2.10. The van der Waals surface area contributed by atoms with Gasteiger partial charge in [-0.05, 0) is 14.1 Å². The lowest BCUT2D eigenvalue weighted by atomic mass is 10.5. The van der Waals surface area contributed by atoms with Crippen LogP contribution >= 0.6 is 0 Å². The van der Waals surface area contributed by atoms with Gasteiger partial charge in [-0.3, -0.25) is 4.90 Å². The average molecular weight is 165 g/mol. The second-order valence-corrected chi connectivity index (χ2v) is 2.78. The summed E-state index contributed by atoms with van der Waals surface area (Å²) >= 11 is 0. The maximum Gasteiger partial charge on any atom is 0.165 e. The Morgan fingerprint density at radius 2 is 2.42 bits per heavy atom. The van der Waals surface area contributed by atoms with E-state index in [0.717, 1.165) is 0 Å². The van der Waals surface area contributed by atoms with Crippen molar-refractivity contribution in [2.24, 2.45) is 0 Å². The van der Waals surface area contributed by atoms with Gasteiger partial charge in [0.05, 0.1) is 13.0 Å².